The average Bonchev–Trinajstić information content (AvgIpc) is 2.85. The van der Waals surface area contributed by atoms with E-state index in [-0.39, 0.29) is 6.42 Å². The van der Waals surface area contributed by atoms with Crippen LogP contribution in [0, 0.1) is 5.92 Å². The number of rotatable bonds is 6. The van der Waals surface area contributed by atoms with Crippen LogP contribution >= 0.6 is 0 Å². The summed E-state index contributed by atoms with van der Waals surface area (Å²) in [6.45, 7) is 4.94. The number of aliphatic carboxylic acids is 1. The van der Waals surface area contributed by atoms with Crippen molar-refractivity contribution < 1.29 is 15.0 Å². The van der Waals surface area contributed by atoms with Gasteiger partial charge in [-0.3, -0.25) is 9.48 Å². The van der Waals surface area contributed by atoms with Gasteiger partial charge in [0, 0.05) is 12.1 Å². The van der Waals surface area contributed by atoms with Crippen LogP contribution in [-0.4, -0.2) is 30.9 Å². The molecule has 1 aromatic carbocycles. The van der Waals surface area contributed by atoms with Crippen molar-refractivity contribution in [3.05, 3.63) is 36.2 Å². The maximum atomic E-state index is 10.8. The number of nitrogens with zero attached hydrogens (tertiary/aromatic N) is 3. The predicted molar refractivity (Wildman–Crippen MR) is 77.5 cm³/mol. The molecular formula is C15H19N3O3. The Hall–Kier alpha value is -2.21. The van der Waals surface area contributed by atoms with E-state index in [4.69, 9.17) is 5.11 Å². The molecule has 1 atom stereocenters. The highest BCUT2D eigenvalue weighted by molar-refractivity contribution is 5.69. The molecule has 21 heavy (non-hydrogen) atoms. The number of aliphatic hydroxyl groups is 1. The minimum Gasteiger partial charge on any atom is -0.481 e. The zero-order valence-corrected chi connectivity index (χ0v) is 12.1. The first-order valence-corrected chi connectivity index (χ1v) is 6.86. The monoisotopic (exact) mass is 289 g/mol. The van der Waals surface area contributed by atoms with E-state index in [9.17, 15) is 9.90 Å². The maximum Gasteiger partial charge on any atom is 0.306 e. The van der Waals surface area contributed by atoms with Crippen LogP contribution in [0.4, 0.5) is 0 Å². The zero-order valence-electron chi connectivity index (χ0n) is 12.1. The summed E-state index contributed by atoms with van der Waals surface area (Å²) in [5, 5.41) is 23.2. The van der Waals surface area contributed by atoms with Crippen LogP contribution in [-0.2, 0) is 11.3 Å². The maximum absolute atomic E-state index is 10.8. The highest BCUT2D eigenvalue weighted by atomic mass is 16.4. The van der Waals surface area contributed by atoms with Crippen LogP contribution in [0.5, 0.6) is 0 Å². The third-order valence-corrected chi connectivity index (χ3v) is 3.02. The fourth-order valence-electron chi connectivity index (χ4n) is 2.15. The number of carboxylic acids is 1. The van der Waals surface area contributed by atoms with Gasteiger partial charge in [0.2, 0.25) is 0 Å². The van der Waals surface area contributed by atoms with E-state index in [0.29, 0.717) is 22.9 Å². The first-order chi connectivity index (χ1) is 9.97. The molecule has 1 unspecified atom stereocenters. The van der Waals surface area contributed by atoms with E-state index >= 15 is 0 Å². The number of hydrogen-bond acceptors (Lipinski definition) is 4. The summed E-state index contributed by atoms with van der Waals surface area (Å²) in [6.07, 6.45) is 0.232. The predicted octanol–water partition coefficient (Wildman–Crippen LogP) is 2.11. The van der Waals surface area contributed by atoms with Gasteiger partial charge in [0.1, 0.15) is 6.33 Å². The lowest BCUT2D eigenvalue weighted by molar-refractivity contribution is -0.139. The van der Waals surface area contributed by atoms with Crippen LogP contribution in [0.2, 0.25) is 0 Å². The van der Waals surface area contributed by atoms with Crippen LogP contribution in [0.25, 0.3) is 11.4 Å². The Bertz CT molecular complexity index is 622. The minimum absolute atomic E-state index is 0.344. The Balaban J connectivity index is 2.31. The standard InChI is InChI=1S/C15H19N3O3/c1-10(2)8-18-9-16-15(17-18)12-6-4-3-5-11(12)13(19)7-14(20)21/h3-6,9-10,13,19H,7-8H2,1-2H3,(H,20,21). The van der Waals surface area contributed by atoms with Gasteiger partial charge in [-0.2, -0.15) is 5.10 Å². The van der Waals surface area contributed by atoms with Gasteiger partial charge in [0.05, 0.1) is 12.5 Å². The molecule has 0 aliphatic heterocycles. The van der Waals surface area contributed by atoms with E-state index < -0.39 is 12.1 Å². The molecule has 2 aromatic rings. The molecule has 0 aliphatic carbocycles. The van der Waals surface area contributed by atoms with E-state index in [1.807, 2.05) is 6.07 Å². The van der Waals surface area contributed by atoms with Crippen molar-refractivity contribution in [3.8, 4) is 11.4 Å². The normalized spacial score (nSPS) is 12.6. The Morgan fingerprint density at radius 2 is 2.05 bits per heavy atom. The van der Waals surface area contributed by atoms with Crippen molar-refractivity contribution in [3.63, 3.8) is 0 Å². The summed E-state index contributed by atoms with van der Waals surface area (Å²) in [7, 11) is 0. The third-order valence-electron chi connectivity index (χ3n) is 3.02. The van der Waals surface area contributed by atoms with Gasteiger partial charge < -0.3 is 10.2 Å². The van der Waals surface area contributed by atoms with Gasteiger partial charge in [-0.25, -0.2) is 4.98 Å². The molecule has 0 radical (unpaired) electrons. The van der Waals surface area contributed by atoms with Crippen molar-refractivity contribution in [2.75, 3.05) is 0 Å². The van der Waals surface area contributed by atoms with E-state index in [0.717, 1.165) is 6.54 Å². The number of carboxylic acid groups (broad SMARTS) is 1. The second-order valence-corrected chi connectivity index (χ2v) is 5.38. The Morgan fingerprint density at radius 3 is 2.71 bits per heavy atom. The molecule has 2 N–H and O–H groups in total. The number of hydrogen-bond donors (Lipinski definition) is 2. The van der Waals surface area contributed by atoms with Gasteiger partial charge >= 0.3 is 5.97 Å². The first-order valence-electron chi connectivity index (χ1n) is 6.86. The largest absolute Gasteiger partial charge is 0.481 e. The van der Waals surface area contributed by atoms with Crippen molar-refractivity contribution in [2.45, 2.75) is 32.9 Å². The van der Waals surface area contributed by atoms with Gasteiger partial charge in [0.25, 0.3) is 0 Å². The summed E-state index contributed by atoms with van der Waals surface area (Å²) in [6, 6.07) is 7.06. The molecule has 0 fully saturated rings. The summed E-state index contributed by atoms with van der Waals surface area (Å²) in [5.41, 5.74) is 1.19. The Kier molecular flexibility index (Phi) is 4.70. The number of carbonyl (C=O) groups is 1. The van der Waals surface area contributed by atoms with Crippen molar-refractivity contribution in [1.29, 1.82) is 0 Å². The molecule has 0 saturated heterocycles. The van der Waals surface area contributed by atoms with E-state index in [1.54, 1.807) is 29.2 Å². The van der Waals surface area contributed by atoms with E-state index in [2.05, 4.69) is 23.9 Å². The van der Waals surface area contributed by atoms with Crippen molar-refractivity contribution in [1.82, 2.24) is 14.8 Å². The molecule has 0 bridgehead atoms. The third kappa shape index (κ3) is 3.88. The lowest BCUT2D eigenvalue weighted by atomic mass is 10.00. The van der Waals surface area contributed by atoms with Gasteiger partial charge in [-0.15, -0.1) is 0 Å². The zero-order chi connectivity index (χ0) is 15.4. The summed E-state index contributed by atoms with van der Waals surface area (Å²) >= 11 is 0. The molecule has 6 nitrogen and oxygen atoms in total. The lowest BCUT2D eigenvalue weighted by Crippen LogP contribution is -2.07. The van der Waals surface area contributed by atoms with E-state index in [1.165, 1.54) is 0 Å². The SMILES string of the molecule is CC(C)Cn1cnc(-c2ccccc2C(O)CC(=O)O)n1. The molecule has 0 aliphatic rings. The highest BCUT2D eigenvalue weighted by Crippen LogP contribution is 2.27. The second-order valence-electron chi connectivity index (χ2n) is 5.38. The van der Waals surface area contributed by atoms with Gasteiger partial charge in [-0.1, -0.05) is 38.1 Å². The molecule has 0 saturated carbocycles. The minimum atomic E-state index is -1.07. The summed E-state index contributed by atoms with van der Waals surface area (Å²) in [5.74, 6) is -0.0984. The van der Waals surface area contributed by atoms with Crippen LogP contribution in [0.15, 0.2) is 30.6 Å². The van der Waals surface area contributed by atoms with Crippen LogP contribution in [0.1, 0.15) is 31.9 Å². The second kappa shape index (κ2) is 6.49. The topological polar surface area (TPSA) is 88.2 Å². The quantitative estimate of drug-likeness (QED) is 0.850. The fraction of sp³-hybridized carbons (Fsp3) is 0.400. The Labute approximate surface area is 123 Å². The smallest absolute Gasteiger partial charge is 0.306 e. The number of aliphatic hydroxyl groups excluding tert-OH is 1. The number of benzene rings is 1. The van der Waals surface area contributed by atoms with Crippen molar-refractivity contribution in [2.24, 2.45) is 5.92 Å². The molecule has 6 heteroatoms. The first kappa shape index (κ1) is 15.2. The van der Waals surface area contributed by atoms with Crippen molar-refractivity contribution >= 4 is 5.97 Å². The summed E-state index contributed by atoms with van der Waals surface area (Å²) in [4.78, 5) is 15.0. The molecule has 1 aromatic heterocycles. The average molecular weight is 289 g/mol. The van der Waals surface area contributed by atoms with Gasteiger partial charge in [0.15, 0.2) is 5.82 Å². The molecule has 2 rings (SSSR count). The highest BCUT2D eigenvalue weighted by Gasteiger charge is 2.18. The molecule has 112 valence electrons. The van der Waals surface area contributed by atoms with Crippen LogP contribution in [0.3, 0.4) is 0 Å². The van der Waals surface area contributed by atoms with Gasteiger partial charge in [-0.05, 0) is 11.5 Å². The Morgan fingerprint density at radius 1 is 1.33 bits per heavy atom. The number of aromatic nitrogens is 3. The molecule has 1 heterocycles. The molecule has 0 spiro atoms. The lowest BCUT2D eigenvalue weighted by Gasteiger charge is -2.12. The molecule has 0 amide bonds. The molecular weight excluding hydrogens is 270 g/mol. The fourth-order valence-corrected chi connectivity index (χ4v) is 2.15. The van der Waals surface area contributed by atoms with Crippen LogP contribution < -0.4 is 0 Å². The summed E-state index contributed by atoms with van der Waals surface area (Å²) < 4.78 is 1.75.